The van der Waals surface area contributed by atoms with Gasteiger partial charge in [-0.3, -0.25) is 9.59 Å². The molecule has 8 heteroatoms. The molecule has 34 heavy (non-hydrogen) atoms. The monoisotopic (exact) mass is 468 g/mol. The van der Waals surface area contributed by atoms with E-state index in [1.54, 1.807) is 38.1 Å². The molecule has 0 bridgehead atoms. The minimum absolute atomic E-state index is 0.00587. The molecule has 2 heterocycles. The van der Waals surface area contributed by atoms with Crippen LogP contribution in [0.3, 0.4) is 0 Å². The molecule has 0 saturated carbocycles. The molecule has 1 unspecified atom stereocenters. The molecule has 4 rings (SSSR count). The van der Waals surface area contributed by atoms with E-state index >= 15 is 0 Å². The van der Waals surface area contributed by atoms with Crippen LogP contribution in [0.15, 0.2) is 54.1 Å². The number of hydrogen-bond donors (Lipinski definition) is 1. The quantitative estimate of drug-likeness (QED) is 0.369. The lowest BCUT2D eigenvalue weighted by Gasteiger charge is -2.30. The van der Waals surface area contributed by atoms with Gasteiger partial charge in [-0.05, 0) is 37.1 Å². The summed E-state index contributed by atoms with van der Waals surface area (Å²) in [6.45, 7) is 7.47. The summed E-state index contributed by atoms with van der Waals surface area (Å²) >= 11 is 0. The molecule has 0 spiro atoms. The third-order valence-electron chi connectivity index (χ3n) is 6.11. The number of morpholine rings is 1. The van der Waals surface area contributed by atoms with Crippen LogP contribution in [-0.2, 0) is 14.3 Å². The second-order valence-electron chi connectivity index (χ2n) is 8.81. The van der Waals surface area contributed by atoms with Crippen LogP contribution in [0.25, 0.3) is 5.76 Å². The minimum atomic E-state index is -0.834. The van der Waals surface area contributed by atoms with Crippen molar-refractivity contribution in [1.82, 2.24) is 4.90 Å². The molecule has 0 radical (unpaired) electrons. The van der Waals surface area contributed by atoms with E-state index in [2.05, 4.69) is 0 Å². The Hall–Kier alpha value is -3.23. The number of hydrogen-bond acceptors (Lipinski definition) is 5. The number of nitrogens with one attached hydrogen (secondary N) is 1. The lowest BCUT2D eigenvalue weighted by atomic mass is 9.95. The number of benzene rings is 2. The van der Waals surface area contributed by atoms with E-state index in [1.165, 1.54) is 21.9 Å². The van der Waals surface area contributed by atoms with Gasteiger partial charge < -0.3 is 24.4 Å². The van der Waals surface area contributed by atoms with E-state index in [0.29, 0.717) is 31.9 Å². The lowest BCUT2D eigenvalue weighted by Crippen LogP contribution is -3.14. The molecule has 1 atom stereocenters. The molecule has 2 saturated heterocycles. The van der Waals surface area contributed by atoms with Gasteiger partial charge in [0.05, 0.1) is 38.4 Å². The second kappa shape index (κ2) is 10.4. The van der Waals surface area contributed by atoms with Crippen molar-refractivity contribution < 1.29 is 33.5 Å². The van der Waals surface area contributed by atoms with Crippen LogP contribution in [0.1, 0.15) is 31.0 Å². The van der Waals surface area contributed by atoms with Crippen molar-refractivity contribution in [2.75, 3.05) is 39.4 Å². The summed E-state index contributed by atoms with van der Waals surface area (Å²) in [5.74, 6) is -2.85. The first kappa shape index (κ1) is 23.9. The highest BCUT2D eigenvalue weighted by Crippen LogP contribution is 2.38. The number of likely N-dealkylation sites (tertiary alicyclic amines) is 1. The number of halogens is 1. The smallest absolute Gasteiger partial charge is 0.295 e. The molecule has 2 aliphatic heterocycles. The number of quaternary nitrogens is 1. The summed E-state index contributed by atoms with van der Waals surface area (Å²) in [6.07, 6.45) is -0.232. The van der Waals surface area contributed by atoms with Crippen molar-refractivity contribution in [3.8, 4) is 5.75 Å². The van der Waals surface area contributed by atoms with Crippen molar-refractivity contribution in [2.45, 2.75) is 26.0 Å². The number of ketones is 1. The third kappa shape index (κ3) is 4.98. The molecule has 2 aliphatic rings. The maximum absolute atomic E-state index is 14.6. The Balaban J connectivity index is 1.70. The van der Waals surface area contributed by atoms with Gasteiger partial charge in [0.25, 0.3) is 5.91 Å². The van der Waals surface area contributed by atoms with Gasteiger partial charge in [0.1, 0.15) is 13.1 Å². The number of ether oxygens (including phenoxy) is 2. The number of rotatable bonds is 7. The van der Waals surface area contributed by atoms with Crippen LogP contribution < -0.4 is 14.7 Å². The Morgan fingerprint density at radius 3 is 2.53 bits per heavy atom. The molecule has 7 nitrogen and oxygen atoms in total. The number of Topliss-reactive ketones (excluding diaryl/α,β-unsaturated/α-hetero) is 1. The third-order valence-corrected chi connectivity index (χ3v) is 6.11. The SMILES string of the molecule is CC(C)Oc1ccc(C([O-])=C2C(=O)C(=O)N(CC[NH+]3CCOCC3)C2c2ccccc2)cc1F. The Morgan fingerprint density at radius 1 is 1.18 bits per heavy atom. The van der Waals surface area contributed by atoms with E-state index in [9.17, 15) is 19.1 Å². The molecular formula is C26H29FN2O5. The van der Waals surface area contributed by atoms with Gasteiger partial charge in [-0.15, -0.1) is 0 Å². The van der Waals surface area contributed by atoms with Gasteiger partial charge in [-0.1, -0.05) is 42.2 Å². The highest BCUT2D eigenvalue weighted by molar-refractivity contribution is 6.46. The zero-order chi connectivity index (χ0) is 24.2. The first-order valence-corrected chi connectivity index (χ1v) is 11.6. The Bertz CT molecular complexity index is 1080. The largest absolute Gasteiger partial charge is 0.872 e. The molecule has 0 aromatic heterocycles. The maximum atomic E-state index is 14.6. The highest BCUT2D eigenvalue weighted by atomic mass is 19.1. The Kier molecular flexibility index (Phi) is 7.29. The van der Waals surface area contributed by atoms with E-state index < -0.39 is 29.3 Å². The van der Waals surface area contributed by atoms with E-state index in [0.717, 1.165) is 19.2 Å². The summed E-state index contributed by atoms with van der Waals surface area (Å²) in [6, 6.07) is 12.1. The van der Waals surface area contributed by atoms with E-state index in [-0.39, 0.29) is 23.0 Å². The van der Waals surface area contributed by atoms with Crippen molar-refractivity contribution in [3.05, 3.63) is 71.0 Å². The summed E-state index contributed by atoms with van der Waals surface area (Å²) < 4.78 is 25.4. The summed E-state index contributed by atoms with van der Waals surface area (Å²) in [5.41, 5.74) is 0.527. The van der Waals surface area contributed by atoms with Gasteiger partial charge in [-0.25, -0.2) is 4.39 Å². The summed E-state index contributed by atoms with van der Waals surface area (Å²) in [4.78, 5) is 28.8. The van der Waals surface area contributed by atoms with Crippen LogP contribution in [0.5, 0.6) is 5.75 Å². The predicted octanol–water partition coefficient (Wildman–Crippen LogP) is 0.752. The zero-order valence-electron chi connectivity index (χ0n) is 19.4. The van der Waals surface area contributed by atoms with Crippen LogP contribution in [0, 0.1) is 5.82 Å². The highest BCUT2D eigenvalue weighted by Gasteiger charge is 2.44. The van der Waals surface area contributed by atoms with Crippen LogP contribution >= 0.6 is 0 Å². The van der Waals surface area contributed by atoms with Crippen LogP contribution in [0.4, 0.5) is 4.39 Å². The average molecular weight is 469 g/mol. The topological polar surface area (TPSA) is 83.3 Å². The fraction of sp³-hybridized carbons (Fsp3) is 0.385. The minimum Gasteiger partial charge on any atom is -0.872 e. The lowest BCUT2D eigenvalue weighted by molar-refractivity contribution is -0.907. The van der Waals surface area contributed by atoms with E-state index in [4.69, 9.17) is 9.47 Å². The Labute approximate surface area is 198 Å². The number of nitrogens with zero attached hydrogens (tertiary/aromatic N) is 1. The maximum Gasteiger partial charge on any atom is 0.295 e. The van der Waals surface area contributed by atoms with Gasteiger partial charge in [-0.2, -0.15) is 0 Å². The predicted molar refractivity (Wildman–Crippen MR) is 121 cm³/mol. The molecule has 0 aliphatic carbocycles. The molecule has 2 aromatic rings. The normalized spacial score (nSPS) is 20.8. The fourth-order valence-electron chi connectivity index (χ4n) is 4.42. The first-order chi connectivity index (χ1) is 16.4. The van der Waals surface area contributed by atoms with Crippen molar-refractivity contribution >= 4 is 17.4 Å². The Morgan fingerprint density at radius 2 is 1.88 bits per heavy atom. The second-order valence-corrected chi connectivity index (χ2v) is 8.81. The molecule has 2 fully saturated rings. The number of amides is 1. The standard InChI is InChI=1S/C26H29FN2O5/c1-17(2)34-21-9-8-19(16-20(21)27)24(30)22-23(18-6-4-3-5-7-18)29(26(32)25(22)31)11-10-28-12-14-33-15-13-28/h3-9,16-17,23,30H,10-15H2,1-2H3. The van der Waals surface area contributed by atoms with Crippen LogP contribution in [-0.4, -0.2) is 62.1 Å². The first-order valence-electron chi connectivity index (χ1n) is 11.6. The van der Waals surface area contributed by atoms with Crippen molar-refractivity contribution in [3.63, 3.8) is 0 Å². The van der Waals surface area contributed by atoms with Gasteiger partial charge in [0.2, 0.25) is 5.78 Å². The van der Waals surface area contributed by atoms with Gasteiger partial charge >= 0.3 is 0 Å². The molecule has 180 valence electrons. The molecule has 2 aromatic carbocycles. The molecule has 1 N–H and O–H groups in total. The molecule has 1 amide bonds. The number of carbonyl (C=O) groups is 2. The van der Waals surface area contributed by atoms with Crippen molar-refractivity contribution in [1.29, 1.82) is 0 Å². The summed E-state index contributed by atoms with van der Waals surface area (Å²) in [7, 11) is 0. The summed E-state index contributed by atoms with van der Waals surface area (Å²) in [5, 5.41) is 13.5. The molecular weight excluding hydrogens is 439 g/mol. The van der Waals surface area contributed by atoms with Gasteiger partial charge in [0.15, 0.2) is 11.6 Å². The fourth-order valence-corrected chi connectivity index (χ4v) is 4.42. The van der Waals surface area contributed by atoms with Crippen molar-refractivity contribution in [2.24, 2.45) is 0 Å². The zero-order valence-corrected chi connectivity index (χ0v) is 19.4. The van der Waals surface area contributed by atoms with Crippen LogP contribution in [0.2, 0.25) is 0 Å². The van der Waals surface area contributed by atoms with Gasteiger partial charge in [0, 0.05) is 5.57 Å². The van der Waals surface area contributed by atoms with E-state index in [1.807, 2.05) is 6.07 Å². The average Bonchev–Trinajstić information content (AvgIpc) is 3.09. The number of carbonyl (C=O) groups excluding carboxylic acids is 2.